The number of nitrogens with zero attached hydrogens (tertiary/aromatic N) is 1. The first-order valence-electron chi connectivity index (χ1n) is 4.18. The Balaban J connectivity index is 0.000000845. The minimum Gasteiger partial charge on any atom is -0.312 e. The molecule has 0 amide bonds. The first-order chi connectivity index (χ1) is 5.86. The Morgan fingerprint density at radius 3 is 2.92 bits per heavy atom. The first kappa shape index (κ1) is 10.7. The van der Waals surface area contributed by atoms with E-state index in [0.717, 1.165) is 25.2 Å². The van der Waals surface area contributed by atoms with Crippen LogP contribution in [0.2, 0.25) is 0 Å². The molecule has 2 heterocycles. The number of thiazole rings is 1. The quantitative estimate of drug-likeness (QED) is 0.779. The summed E-state index contributed by atoms with van der Waals surface area (Å²) in [7, 11) is 0. The van der Waals surface area contributed by atoms with Crippen LogP contribution in [-0.2, 0) is 0 Å². The van der Waals surface area contributed by atoms with Gasteiger partial charge in [-0.05, 0) is 25.5 Å². The Labute approximate surface area is 88.5 Å². The van der Waals surface area contributed by atoms with Gasteiger partial charge in [0.05, 0.1) is 0 Å². The average molecular weight is 217 g/mol. The molecule has 2 rings (SSSR count). The summed E-state index contributed by atoms with van der Waals surface area (Å²) in [5.41, 5.74) is 2.49. The van der Waals surface area contributed by atoms with Crippen LogP contribution in [-0.4, -0.2) is 18.1 Å². The van der Waals surface area contributed by atoms with Gasteiger partial charge in [-0.1, -0.05) is 6.08 Å². The van der Waals surface area contributed by atoms with Crippen LogP contribution in [0.5, 0.6) is 0 Å². The van der Waals surface area contributed by atoms with E-state index >= 15 is 0 Å². The van der Waals surface area contributed by atoms with Crippen molar-refractivity contribution in [3.05, 3.63) is 22.2 Å². The third kappa shape index (κ3) is 2.53. The fourth-order valence-electron chi connectivity index (χ4n) is 1.31. The molecule has 4 heteroatoms. The van der Waals surface area contributed by atoms with Crippen LogP contribution in [0, 0.1) is 6.92 Å². The summed E-state index contributed by atoms with van der Waals surface area (Å²) >= 11 is 1.74. The van der Waals surface area contributed by atoms with Crippen LogP contribution in [0.15, 0.2) is 11.5 Å². The number of aromatic nitrogens is 1. The molecule has 0 bridgehead atoms. The molecule has 1 aromatic rings. The van der Waals surface area contributed by atoms with Gasteiger partial charge in [0.15, 0.2) is 0 Å². The largest absolute Gasteiger partial charge is 0.312 e. The second-order valence-corrected chi connectivity index (χ2v) is 3.85. The molecule has 2 nitrogen and oxygen atoms in total. The Bertz CT molecular complexity index is 306. The summed E-state index contributed by atoms with van der Waals surface area (Å²) in [6.07, 6.45) is 3.42. The average Bonchev–Trinajstić information content (AvgIpc) is 2.54. The van der Waals surface area contributed by atoms with E-state index in [1.807, 2.05) is 6.92 Å². The van der Waals surface area contributed by atoms with Crippen molar-refractivity contribution in [2.45, 2.75) is 13.3 Å². The van der Waals surface area contributed by atoms with Crippen molar-refractivity contribution in [3.63, 3.8) is 0 Å². The summed E-state index contributed by atoms with van der Waals surface area (Å²) < 4.78 is 0. The molecule has 0 atom stereocenters. The van der Waals surface area contributed by atoms with Crippen molar-refractivity contribution in [1.29, 1.82) is 0 Å². The Morgan fingerprint density at radius 2 is 2.38 bits per heavy atom. The van der Waals surface area contributed by atoms with Crippen molar-refractivity contribution in [3.8, 4) is 0 Å². The Hall–Kier alpha value is -0.380. The van der Waals surface area contributed by atoms with E-state index in [4.69, 9.17) is 0 Å². The molecule has 1 aliphatic heterocycles. The molecule has 1 N–H and O–H groups in total. The molecule has 0 aromatic carbocycles. The van der Waals surface area contributed by atoms with Gasteiger partial charge in [0.25, 0.3) is 0 Å². The lowest BCUT2D eigenvalue weighted by atomic mass is 10.1. The van der Waals surface area contributed by atoms with Crippen LogP contribution >= 0.6 is 23.7 Å². The van der Waals surface area contributed by atoms with E-state index in [-0.39, 0.29) is 12.4 Å². The van der Waals surface area contributed by atoms with Crippen LogP contribution in [0.4, 0.5) is 0 Å². The van der Waals surface area contributed by atoms with Gasteiger partial charge < -0.3 is 5.32 Å². The molecule has 0 unspecified atom stereocenters. The maximum atomic E-state index is 4.44. The maximum Gasteiger partial charge on any atom is 0.120 e. The van der Waals surface area contributed by atoms with Gasteiger partial charge in [-0.2, -0.15) is 0 Å². The SMILES string of the molecule is Cc1csc(C2=CCCNC2)n1.Cl. The van der Waals surface area contributed by atoms with E-state index in [0.29, 0.717) is 0 Å². The van der Waals surface area contributed by atoms with E-state index in [1.54, 1.807) is 11.3 Å². The minimum atomic E-state index is 0. The highest BCUT2D eigenvalue weighted by Crippen LogP contribution is 2.20. The van der Waals surface area contributed by atoms with E-state index in [9.17, 15) is 0 Å². The topological polar surface area (TPSA) is 24.9 Å². The van der Waals surface area contributed by atoms with Crippen LogP contribution < -0.4 is 5.32 Å². The molecule has 13 heavy (non-hydrogen) atoms. The molecule has 1 aromatic heterocycles. The van der Waals surface area contributed by atoms with Crippen molar-refractivity contribution < 1.29 is 0 Å². The standard InChI is InChI=1S/C9H12N2S.ClH/c1-7-6-12-9(11-7)8-3-2-4-10-5-8;/h3,6,10H,2,4-5H2,1H3;1H. The predicted octanol–water partition coefficient (Wildman–Crippen LogP) is 2.25. The summed E-state index contributed by atoms with van der Waals surface area (Å²) in [5.74, 6) is 0. The van der Waals surface area contributed by atoms with Crippen molar-refractivity contribution in [1.82, 2.24) is 10.3 Å². The van der Waals surface area contributed by atoms with Crippen LogP contribution in [0.3, 0.4) is 0 Å². The number of hydrogen-bond donors (Lipinski definition) is 1. The van der Waals surface area contributed by atoms with Crippen molar-refractivity contribution in [2.24, 2.45) is 0 Å². The predicted molar refractivity (Wildman–Crippen MR) is 59.6 cm³/mol. The zero-order valence-electron chi connectivity index (χ0n) is 7.54. The van der Waals surface area contributed by atoms with Crippen molar-refractivity contribution in [2.75, 3.05) is 13.1 Å². The molecule has 0 saturated carbocycles. The highest BCUT2D eigenvalue weighted by Gasteiger charge is 2.07. The minimum absolute atomic E-state index is 0. The highest BCUT2D eigenvalue weighted by atomic mass is 35.5. The molecule has 0 spiro atoms. The summed E-state index contributed by atoms with van der Waals surface area (Å²) in [4.78, 5) is 4.44. The van der Waals surface area contributed by atoms with E-state index < -0.39 is 0 Å². The Morgan fingerprint density at radius 1 is 1.54 bits per heavy atom. The van der Waals surface area contributed by atoms with Gasteiger partial charge in [0.2, 0.25) is 0 Å². The van der Waals surface area contributed by atoms with Gasteiger partial charge in [-0.3, -0.25) is 0 Å². The summed E-state index contributed by atoms with van der Waals surface area (Å²) in [6.45, 7) is 4.12. The first-order valence-corrected chi connectivity index (χ1v) is 5.06. The molecule has 0 fully saturated rings. The molecule has 72 valence electrons. The zero-order valence-corrected chi connectivity index (χ0v) is 9.17. The van der Waals surface area contributed by atoms with Gasteiger partial charge in [-0.15, -0.1) is 23.7 Å². The molecule has 0 radical (unpaired) electrons. The van der Waals surface area contributed by atoms with Crippen molar-refractivity contribution >= 4 is 29.3 Å². The molecule has 0 saturated heterocycles. The van der Waals surface area contributed by atoms with E-state index in [2.05, 4.69) is 21.8 Å². The number of halogens is 1. The van der Waals surface area contributed by atoms with Gasteiger partial charge in [0.1, 0.15) is 5.01 Å². The monoisotopic (exact) mass is 216 g/mol. The van der Waals surface area contributed by atoms with Gasteiger partial charge >= 0.3 is 0 Å². The number of hydrogen-bond acceptors (Lipinski definition) is 3. The van der Waals surface area contributed by atoms with E-state index in [1.165, 1.54) is 10.6 Å². The lowest BCUT2D eigenvalue weighted by Crippen LogP contribution is -2.21. The molecular weight excluding hydrogens is 204 g/mol. The summed E-state index contributed by atoms with van der Waals surface area (Å²) in [6, 6.07) is 0. The third-order valence-electron chi connectivity index (χ3n) is 1.92. The number of rotatable bonds is 1. The lowest BCUT2D eigenvalue weighted by molar-refractivity contribution is 0.738. The fourth-order valence-corrected chi connectivity index (χ4v) is 2.15. The third-order valence-corrected chi connectivity index (χ3v) is 2.96. The van der Waals surface area contributed by atoms with Gasteiger partial charge in [-0.25, -0.2) is 4.98 Å². The normalized spacial score (nSPS) is 16.2. The molecule has 1 aliphatic rings. The molecule has 0 aliphatic carbocycles. The number of aryl methyl sites for hydroxylation is 1. The highest BCUT2D eigenvalue weighted by molar-refractivity contribution is 7.10. The van der Waals surface area contributed by atoms with Gasteiger partial charge in [0, 0.05) is 17.6 Å². The van der Waals surface area contributed by atoms with Crippen LogP contribution in [0.25, 0.3) is 5.57 Å². The Kier molecular flexibility index (Phi) is 3.90. The number of nitrogens with one attached hydrogen (secondary N) is 1. The lowest BCUT2D eigenvalue weighted by Gasteiger charge is -2.11. The molecular formula is C9H13ClN2S. The second-order valence-electron chi connectivity index (χ2n) is 2.99. The second kappa shape index (κ2) is 4.74. The summed E-state index contributed by atoms with van der Waals surface area (Å²) in [5, 5.41) is 6.62. The zero-order chi connectivity index (χ0) is 8.39. The maximum absolute atomic E-state index is 4.44. The smallest absolute Gasteiger partial charge is 0.120 e. The van der Waals surface area contributed by atoms with Crippen LogP contribution in [0.1, 0.15) is 17.1 Å². The fraction of sp³-hybridized carbons (Fsp3) is 0.444.